The molecule has 0 aromatic heterocycles. The van der Waals surface area contributed by atoms with E-state index in [1.165, 1.54) is 11.1 Å². The summed E-state index contributed by atoms with van der Waals surface area (Å²) >= 11 is 0. The molecule has 2 nitrogen and oxygen atoms in total. The van der Waals surface area contributed by atoms with Gasteiger partial charge in [0, 0.05) is 6.04 Å². The number of ether oxygens (including phenoxy) is 1. The monoisotopic (exact) mass is 249 g/mol. The molecule has 102 valence electrons. The Morgan fingerprint density at radius 2 is 1.83 bits per heavy atom. The van der Waals surface area contributed by atoms with Crippen LogP contribution < -0.4 is 10.1 Å². The quantitative estimate of drug-likeness (QED) is 0.826. The van der Waals surface area contributed by atoms with Crippen LogP contribution in [0.1, 0.15) is 51.2 Å². The van der Waals surface area contributed by atoms with Gasteiger partial charge in [-0.3, -0.25) is 0 Å². The Bertz CT molecular complexity index is 373. The van der Waals surface area contributed by atoms with Gasteiger partial charge in [-0.15, -0.1) is 0 Å². The van der Waals surface area contributed by atoms with Crippen LogP contribution in [0.4, 0.5) is 0 Å². The highest BCUT2D eigenvalue weighted by atomic mass is 16.5. The Morgan fingerprint density at radius 3 is 2.39 bits per heavy atom. The molecular weight excluding hydrogens is 222 g/mol. The van der Waals surface area contributed by atoms with Crippen molar-refractivity contribution in [2.45, 2.75) is 59.1 Å². The zero-order valence-corrected chi connectivity index (χ0v) is 12.6. The first-order chi connectivity index (χ1) is 8.43. The Labute approximate surface area is 112 Å². The summed E-state index contributed by atoms with van der Waals surface area (Å²) in [5.74, 6) is 1.57. The van der Waals surface area contributed by atoms with Crippen molar-refractivity contribution in [3.63, 3.8) is 0 Å². The van der Waals surface area contributed by atoms with Crippen LogP contribution in [-0.2, 0) is 0 Å². The van der Waals surface area contributed by atoms with Crippen LogP contribution >= 0.6 is 0 Å². The average molecular weight is 249 g/mol. The maximum atomic E-state index is 6.07. The molecule has 1 rings (SSSR count). The molecule has 0 bridgehead atoms. The summed E-state index contributed by atoms with van der Waals surface area (Å²) in [5.41, 5.74) is 2.55. The average Bonchev–Trinajstić information content (AvgIpc) is 2.31. The van der Waals surface area contributed by atoms with Gasteiger partial charge in [-0.05, 0) is 57.4 Å². The molecule has 2 heteroatoms. The largest absolute Gasteiger partial charge is 0.490 e. The lowest BCUT2D eigenvalue weighted by Gasteiger charge is -2.20. The minimum absolute atomic E-state index is 0.230. The molecule has 0 saturated heterocycles. The Kier molecular flexibility index (Phi) is 5.67. The molecule has 0 saturated carbocycles. The first-order valence-corrected chi connectivity index (χ1v) is 6.88. The number of benzene rings is 1. The topological polar surface area (TPSA) is 21.3 Å². The van der Waals surface area contributed by atoms with Crippen molar-refractivity contribution in [1.82, 2.24) is 5.32 Å². The molecule has 2 atom stereocenters. The molecule has 0 spiro atoms. The lowest BCUT2D eigenvalue weighted by molar-refractivity contribution is 0.196. The van der Waals surface area contributed by atoms with E-state index >= 15 is 0 Å². The second-order valence-electron chi connectivity index (χ2n) is 5.53. The molecule has 0 aliphatic carbocycles. The summed E-state index contributed by atoms with van der Waals surface area (Å²) in [5, 5.41) is 3.25. The SMILES string of the molecule is CNC(C)CC(C)Oc1cc(C(C)C)ccc1C. The maximum absolute atomic E-state index is 6.07. The standard InChI is InChI=1S/C16H27NO/c1-11(2)15-8-7-12(3)16(10-15)18-14(5)9-13(4)17-6/h7-8,10-11,13-14,17H,9H2,1-6H3. The highest BCUT2D eigenvalue weighted by Crippen LogP contribution is 2.25. The third-order valence-corrected chi connectivity index (χ3v) is 3.39. The Hall–Kier alpha value is -1.02. The summed E-state index contributed by atoms with van der Waals surface area (Å²) in [6.07, 6.45) is 1.25. The fraction of sp³-hybridized carbons (Fsp3) is 0.625. The molecule has 0 radical (unpaired) electrons. The number of aryl methyl sites for hydroxylation is 1. The number of hydrogen-bond acceptors (Lipinski definition) is 2. The minimum Gasteiger partial charge on any atom is -0.490 e. The van der Waals surface area contributed by atoms with Crippen LogP contribution in [0.5, 0.6) is 5.75 Å². The fourth-order valence-electron chi connectivity index (χ4n) is 1.98. The van der Waals surface area contributed by atoms with Gasteiger partial charge in [-0.1, -0.05) is 26.0 Å². The summed E-state index contributed by atoms with van der Waals surface area (Å²) in [4.78, 5) is 0. The van der Waals surface area contributed by atoms with E-state index in [1.807, 2.05) is 7.05 Å². The van der Waals surface area contributed by atoms with Gasteiger partial charge in [0.1, 0.15) is 5.75 Å². The van der Waals surface area contributed by atoms with Crippen molar-refractivity contribution < 1.29 is 4.74 Å². The lowest BCUT2D eigenvalue weighted by atomic mass is 10.0. The number of hydrogen-bond donors (Lipinski definition) is 1. The zero-order chi connectivity index (χ0) is 13.7. The molecule has 0 amide bonds. The Morgan fingerprint density at radius 1 is 1.17 bits per heavy atom. The van der Waals surface area contributed by atoms with Gasteiger partial charge >= 0.3 is 0 Å². The van der Waals surface area contributed by atoms with Crippen molar-refractivity contribution in [2.24, 2.45) is 0 Å². The van der Waals surface area contributed by atoms with Crippen LogP contribution in [0.15, 0.2) is 18.2 Å². The fourth-order valence-corrected chi connectivity index (χ4v) is 1.98. The molecule has 2 unspecified atom stereocenters. The van der Waals surface area contributed by atoms with E-state index in [4.69, 9.17) is 4.74 Å². The highest BCUT2D eigenvalue weighted by molar-refractivity contribution is 5.37. The third-order valence-electron chi connectivity index (χ3n) is 3.39. The predicted molar refractivity (Wildman–Crippen MR) is 78.5 cm³/mol. The summed E-state index contributed by atoms with van der Waals surface area (Å²) in [6.45, 7) is 10.8. The minimum atomic E-state index is 0.230. The molecule has 0 heterocycles. The van der Waals surface area contributed by atoms with Crippen LogP contribution in [0.25, 0.3) is 0 Å². The van der Waals surface area contributed by atoms with Gasteiger partial charge in [-0.2, -0.15) is 0 Å². The van der Waals surface area contributed by atoms with Gasteiger partial charge in [-0.25, -0.2) is 0 Å². The van der Waals surface area contributed by atoms with E-state index in [9.17, 15) is 0 Å². The van der Waals surface area contributed by atoms with Crippen LogP contribution in [0.2, 0.25) is 0 Å². The van der Waals surface area contributed by atoms with Crippen molar-refractivity contribution in [2.75, 3.05) is 7.05 Å². The van der Waals surface area contributed by atoms with Crippen molar-refractivity contribution >= 4 is 0 Å². The highest BCUT2D eigenvalue weighted by Gasteiger charge is 2.11. The van der Waals surface area contributed by atoms with Crippen molar-refractivity contribution in [3.8, 4) is 5.75 Å². The molecule has 1 aromatic rings. The summed E-state index contributed by atoms with van der Waals surface area (Å²) in [6, 6.07) is 7.00. The smallest absolute Gasteiger partial charge is 0.122 e. The summed E-state index contributed by atoms with van der Waals surface area (Å²) < 4.78 is 6.07. The van der Waals surface area contributed by atoms with E-state index < -0.39 is 0 Å². The summed E-state index contributed by atoms with van der Waals surface area (Å²) in [7, 11) is 1.99. The molecule has 1 aromatic carbocycles. The first-order valence-electron chi connectivity index (χ1n) is 6.88. The van der Waals surface area contributed by atoms with E-state index in [0.29, 0.717) is 12.0 Å². The maximum Gasteiger partial charge on any atom is 0.122 e. The Balaban J connectivity index is 2.73. The first kappa shape index (κ1) is 15.0. The molecule has 18 heavy (non-hydrogen) atoms. The van der Waals surface area contributed by atoms with E-state index in [2.05, 4.69) is 58.1 Å². The lowest BCUT2D eigenvalue weighted by Crippen LogP contribution is -2.28. The van der Waals surface area contributed by atoms with E-state index in [0.717, 1.165) is 12.2 Å². The van der Waals surface area contributed by atoms with Crippen molar-refractivity contribution in [1.29, 1.82) is 0 Å². The predicted octanol–water partition coefficient (Wildman–Crippen LogP) is 3.88. The van der Waals surface area contributed by atoms with E-state index in [1.54, 1.807) is 0 Å². The zero-order valence-electron chi connectivity index (χ0n) is 12.6. The molecular formula is C16H27NO. The van der Waals surface area contributed by atoms with E-state index in [-0.39, 0.29) is 6.10 Å². The molecule has 1 N–H and O–H groups in total. The third kappa shape index (κ3) is 4.34. The van der Waals surface area contributed by atoms with Gasteiger partial charge in [0.15, 0.2) is 0 Å². The molecule has 0 aliphatic rings. The van der Waals surface area contributed by atoms with Gasteiger partial charge in [0.2, 0.25) is 0 Å². The second-order valence-corrected chi connectivity index (χ2v) is 5.53. The van der Waals surface area contributed by atoms with Gasteiger partial charge < -0.3 is 10.1 Å². The van der Waals surface area contributed by atoms with Crippen LogP contribution in [0.3, 0.4) is 0 Å². The van der Waals surface area contributed by atoms with Gasteiger partial charge in [0.05, 0.1) is 6.10 Å². The van der Waals surface area contributed by atoms with Gasteiger partial charge in [0.25, 0.3) is 0 Å². The molecule has 0 aliphatic heterocycles. The number of nitrogens with one attached hydrogen (secondary N) is 1. The van der Waals surface area contributed by atoms with Crippen LogP contribution in [-0.4, -0.2) is 19.2 Å². The normalized spacial score (nSPS) is 14.6. The second kappa shape index (κ2) is 6.79. The van der Waals surface area contributed by atoms with Crippen molar-refractivity contribution in [3.05, 3.63) is 29.3 Å². The van der Waals surface area contributed by atoms with Crippen LogP contribution in [0, 0.1) is 6.92 Å². The molecule has 0 fully saturated rings. The number of rotatable bonds is 6.